The molecule has 2 saturated heterocycles. The minimum absolute atomic E-state index is 0.0172. The molecular weight excluding hydrogens is 1080 g/mol. The maximum atomic E-state index is 15.3. The van der Waals surface area contributed by atoms with E-state index >= 15 is 9.59 Å². The standard InChI is InChI=1S/C62H93BrN6O11/c1-17-39(9)46-34-49(70)43-27-28-69(35-43)59(76)48(32-42-25-22-26-45(63)30-42)65(13)58(75)47(31-41-23-20-19-21-24-41)64-55(72)52(38(7)8)67(15)60(77)53(40(10)18-2)80-61(78)54(62(11,12)79)68(16)56(73)44(29-36(3)4)33-50(71)51(37(5)6)66(14)57(46)74/h19-26,30,36-40,43-44,46-48,51-54,79H,17-18,27-29,31-35H2,1-16H3,(H,64,72)/t39?,40?,43-,44-,46+,47?,48+,51+,52+,53-,54-/m1/s1. The fourth-order valence-corrected chi connectivity index (χ4v) is 12.1. The normalized spacial score (nSPS) is 26.5. The number of hydrogen-bond acceptors (Lipinski definition) is 11. The van der Waals surface area contributed by atoms with Crippen LogP contribution >= 0.6 is 15.9 Å². The summed E-state index contributed by atoms with van der Waals surface area (Å²) < 4.78 is 6.89. The van der Waals surface area contributed by atoms with Crippen LogP contribution in [-0.4, -0.2) is 166 Å². The summed E-state index contributed by atoms with van der Waals surface area (Å²) in [7, 11) is 5.85. The van der Waals surface area contributed by atoms with Crippen molar-refractivity contribution in [2.75, 3.05) is 41.3 Å². The highest BCUT2D eigenvalue weighted by atomic mass is 79.9. The smallest absolute Gasteiger partial charge is 0.332 e. The van der Waals surface area contributed by atoms with Gasteiger partial charge in [-0.1, -0.05) is 134 Å². The highest BCUT2D eigenvalue weighted by molar-refractivity contribution is 9.10. The number of carbonyl (C=O) groups is 9. The van der Waals surface area contributed by atoms with E-state index in [1.165, 1.54) is 49.7 Å². The van der Waals surface area contributed by atoms with E-state index in [4.69, 9.17) is 4.74 Å². The summed E-state index contributed by atoms with van der Waals surface area (Å²) in [5, 5.41) is 14.7. The Morgan fingerprint density at radius 2 is 1.25 bits per heavy atom. The van der Waals surface area contributed by atoms with Crippen molar-refractivity contribution in [1.29, 1.82) is 0 Å². The van der Waals surface area contributed by atoms with Gasteiger partial charge >= 0.3 is 5.97 Å². The molecule has 0 saturated carbocycles. The Labute approximate surface area is 484 Å². The minimum Gasteiger partial charge on any atom is -0.450 e. The summed E-state index contributed by atoms with van der Waals surface area (Å²) in [6.45, 7) is 21.2. The van der Waals surface area contributed by atoms with Gasteiger partial charge in [-0.15, -0.1) is 0 Å². The van der Waals surface area contributed by atoms with Gasteiger partial charge in [0.25, 0.3) is 5.91 Å². The third-order valence-electron chi connectivity index (χ3n) is 16.6. The van der Waals surface area contributed by atoms with Crippen molar-refractivity contribution in [3.05, 3.63) is 70.2 Å². The van der Waals surface area contributed by atoms with Gasteiger partial charge < -0.3 is 39.7 Å². The Morgan fingerprint density at radius 3 is 1.80 bits per heavy atom. The predicted octanol–water partition coefficient (Wildman–Crippen LogP) is 7.17. The second-order valence-corrected chi connectivity index (χ2v) is 25.4. The van der Waals surface area contributed by atoms with E-state index in [-0.39, 0.29) is 68.6 Å². The number of nitrogens with one attached hydrogen (secondary N) is 1. The third-order valence-corrected chi connectivity index (χ3v) is 17.1. The number of aliphatic hydroxyl groups is 1. The second kappa shape index (κ2) is 29.5. The summed E-state index contributed by atoms with van der Waals surface area (Å²) in [5.74, 6) is -9.50. The largest absolute Gasteiger partial charge is 0.450 e. The van der Waals surface area contributed by atoms with Gasteiger partial charge in [-0.3, -0.25) is 38.4 Å². The number of esters is 1. The molecule has 0 aromatic heterocycles. The zero-order valence-electron chi connectivity index (χ0n) is 50.5. The number of hydrogen-bond donors (Lipinski definition) is 2. The van der Waals surface area contributed by atoms with Crippen LogP contribution in [0.1, 0.15) is 133 Å². The molecule has 2 aromatic rings. The molecule has 2 aliphatic heterocycles. The lowest BCUT2D eigenvalue weighted by molar-refractivity contribution is -0.178. The van der Waals surface area contributed by atoms with Gasteiger partial charge in [-0.05, 0) is 80.0 Å². The number of ether oxygens (including phenoxy) is 1. The van der Waals surface area contributed by atoms with Crippen LogP contribution in [0.2, 0.25) is 0 Å². The number of nitrogens with zero attached hydrogens (tertiary/aromatic N) is 5. The number of benzene rings is 2. The number of cyclic esters (lactones) is 1. The van der Waals surface area contributed by atoms with Crippen molar-refractivity contribution in [3.8, 4) is 0 Å². The van der Waals surface area contributed by atoms with Gasteiger partial charge in [-0.2, -0.15) is 0 Å². The number of fused-ring (bicyclic) bond motifs is 2. The van der Waals surface area contributed by atoms with Crippen molar-refractivity contribution >= 4 is 68.9 Å². The molecule has 0 spiro atoms. The van der Waals surface area contributed by atoms with Crippen LogP contribution in [0, 0.1) is 47.3 Å². The molecule has 6 amide bonds. The maximum absolute atomic E-state index is 15.3. The van der Waals surface area contributed by atoms with E-state index in [1.807, 2.05) is 96.1 Å². The molecule has 17 nitrogen and oxygen atoms in total. The molecule has 2 aliphatic rings. The Kier molecular flexibility index (Phi) is 24.7. The molecule has 2 aromatic carbocycles. The lowest BCUT2D eigenvalue weighted by Gasteiger charge is -2.39. The zero-order valence-corrected chi connectivity index (χ0v) is 52.1. The lowest BCUT2D eigenvalue weighted by Crippen LogP contribution is -2.61. The molecule has 2 heterocycles. The van der Waals surface area contributed by atoms with Gasteiger partial charge in [0.05, 0.1) is 11.6 Å². The van der Waals surface area contributed by atoms with Gasteiger partial charge in [0, 0.05) is 95.1 Å². The molecule has 2 fully saturated rings. The average molecular weight is 1180 g/mol. The van der Waals surface area contributed by atoms with Gasteiger partial charge in [0.2, 0.25) is 29.5 Å². The topological polar surface area (TPSA) is 211 Å². The summed E-state index contributed by atoms with van der Waals surface area (Å²) in [4.78, 5) is 141. The predicted molar refractivity (Wildman–Crippen MR) is 311 cm³/mol. The highest BCUT2D eigenvalue weighted by Crippen LogP contribution is 2.32. The first-order chi connectivity index (χ1) is 37.4. The van der Waals surface area contributed by atoms with Crippen molar-refractivity contribution in [3.63, 3.8) is 0 Å². The number of carbonyl (C=O) groups excluding carboxylic acids is 9. The number of ketones is 2. The number of halogens is 1. The molecule has 0 radical (unpaired) electrons. The van der Waals surface area contributed by atoms with Crippen LogP contribution < -0.4 is 5.32 Å². The summed E-state index contributed by atoms with van der Waals surface area (Å²) in [6.07, 6.45) is -0.389. The summed E-state index contributed by atoms with van der Waals surface area (Å²) in [5.41, 5.74) is -0.483. The fraction of sp³-hybridized carbons (Fsp3) is 0.661. The summed E-state index contributed by atoms with van der Waals surface area (Å²) in [6, 6.07) is 10.2. The molecule has 18 heteroatoms. The van der Waals surface area contributed by atoms with Crippen molar-refractivity contribution in [2.24, 2.45) is 47.3 Å². The van der Waals surface area contributed by atoms with E-state index in [0.717, 1.165) is 14.9 Å². The molecule has 0 aliphatic carbocycles. The Hall–Kier alpha value is -5.49. The Morgan fingerprint density at radius 1 is 0.662 bits per heavy atom. The van der Waals surface area contributed by atoms with Gasteiger partial charge in [-0.25, -0.2) is 4.79 Å². The highest BCUT2D eigenvalue weighted by Gasteiger charge is 2.47. The fourth-order valence-electron chi connectivity index (χ4n) is 11.7. The lowest BCUT2D eigenvalue weighted by atomic mass is 9.82. The molecule has 2 N–H and O–H groups in total. The zero-order chi connectivity index (χ0) is 60.2. The van der Waals surface area contributed by atoms with Crippen molar-refractivity contribution in [1.82, 2.24) is 29.8 Å². The molecule has 444 valence electrons. The van der Waals surface area contributed by atoms with Crippen LogP contribution in [0.25, 0.3) is 0 Å². The van der Waals surface area contributed by atoms with Gasteiger partial charge in [0.15, 0.2) is 17.9 Å². The van der Waals surface area contributed by atoms with Crippen molar-refractivity contribution in [2.45, 2.75) is 176 Å². The molecule has 4 rings (SSSR count). The van der Waals surface area contributed by atoms with E-state index < -0.39 is 119 Å². The van der Waals surface area contributed by atoms with Gasteiger partial charge in [0.1, 0.15) is 23.9 Å². The van der Waals surface area contributed by atoms with E-state index in [9.17, 15) is 38.7 Å². The molecular formula is C62H93BrN6O11. The molecule has 2 bridgehead atoms. The summed E-state index contributed by atoms with van der Waals surface area (Å²) >= 11 is 3.54. The first kappa shape index (κ1) is 67.0. The average Bonchev–Trinajstić information content (AvgIpc) is 3.89. The van der Waals surface area contributed by atoms with Crippen LogP contribution in [-0.2, 0) is 60.7 Å². The van der Waals surface area contributed by atoms with Crippen molar-refractivity contribution < 1.29 is 53.0 Å². The van der Waals surface area contributed by atoms with Crippen LogP contribution in [0.3, 0.4) is 0 Å². The van der Waals surface area contributed by atoms with Crippen LogP contribution in [0.4, 0.5) is 0 Å². The molecule has 80 heavy (non-hydrogen) atoms. The third kappa shape index (κ3) is 17.0. The van der Waals surface area contributed by atoms with Crippen LogP contribution in [0.5, 0.6) is 0 Å². The number of rotatable bonds is 13. The maximum Gasteiger partial charge on any atom is 0.332 e. The SMILES string of the molecule is CCC(C)[C@@H]1CC(=O)[C@@H]2CCN(C2)C(=O)[C@H](Cc2cccc(Br)c2)N(C)C(=O)C(Cc2ccccc2)NC(=O)[C@H](C(C)C)N(C)C(=O)[C@@H](C(C)CC)OC(=O)[C@H](C(C)(C)O)N(C)C(=O)[C@H](CC(C)C)CC(=O)[C@H](C(C)C)N(C)C1=O. The molecule has 3 unspecified atom stereocenters. The minimum atomic E-state index is -1.94. The number of Topliss-reactive ketones (excluding diaryl/α,β-unsaturated/α-hetero) is 2. The van der Waals surface area contributed by atoms with E-state index in [2.05, 4.69) is 21.2 Å². The van der Waals surface area contributed by atoms with E-state index in [1.54, 1.807) is 39.6 Å². The van der Waals surface area contributed by atoms with E-state index in [0.29, 0.717) is 24.8 Å². The monoisotopic (exact) mass is 1180 g/mol. The second-order valence-electron chi connectivity index (χ2n) is 24.5. The number of amides is 6. The molecule has 11 atom stereocenters. The first-order valence-electron chi connectivity index (χ1n) is 28.8. The number of likely N-dealkylation sites (N-methyl/N-ethyl adjacent to an activating group) is 4. The quantitative estimate of drug-likeness (QED) is 0.192. The Bertz CT molecular complexity index is 2500. The first-order valence-corrected chi connectivity index (χ1v) is 29.6. The Balaban J connectivity index is 1.94. The van der Waals surface area contributed by atoms with Crippen LogP contribution in [0.15, 0.2) is 59.1 Å².